The number of fused-ring (bicyclic) bond motifs is 4. The van der Waals surface area contributed by atoms with Crippen molar-refractivity contribution in [3.05, 3.63) is 73.1 Å². The zero-order valence-corrected chi connectivity index (χ0v) is 12.7. The van der Waals surface area contributed by atoms with Gasteiger partial charge in [0.05, 0.1) is 11.0 Å². The molecule has 1 N–H and O–H groups in total. The Morgan fingerprint density at radius 1 is 0.833 bits per heavy atom. The molecule has 0 aliphatic rings. The van der Waals surface area contributed by atoms with Crippen LogP contribution in [0.5, 0.6) is 0 Å². The van der Waals surface area contributed by atoms with Crippen LogP contribution in [0.4, 0.5) is 11.5 Å². The van der Waals surface area contributed by atoms with Gasteiger partial charge < -0.3 is 5.32 Å². The number of anilines is 2. The Balaban J connectivity index is 1.75. The van der Waals surface area contributed by atoms with Crippen molar-refractivity contribution < 1.29 is 0 Å². The maximum absolute atomic E-state index is 4.74. The molecule has 5 aromatic rings. The Morgan fingerprint density at radius 3 is 2.67 bits per heavy atom. The van der Waals surface area contributed by atoms with E-state index in [1.807, 2.05) is 52.9 Å². The normalized spacial score (nSPS) is 11.3. The summed E-state index contributed by atoms with van der Waals surface area (Å²) in [4.78, 5) is 4.74. The molecule has 2 heterocycles. The molecule has 2 aromatic heterocycles. The fourth-order valence-corrected chi connectivity index (χ4v) is 3.05. The Bertz CT molecular complexity index is 1190. The van der Waals surface area contributed by atoms with Gasteiger partial charge in [-0.1, -0.05) is 48.5 Å². The minimum absolute atomic E-state index is 0.697. The van der Waals surface area contributed by atoms with Crippen molar-refractivity contribution in [3.63, 3.8) is 0 Å². The predicted molar refractivity (Wildman–Crippen MR) is 95.5 cm³/mol. The van der Waals surface area contributed by atoms with E-state index in [9.17, 15) is 0 Å². The molecule has 0 unspecified atom stereocenters. The van der Waals surface area contributed by atoms with Crippen LogP contribution in [0.2, 0.25) is 0 Å². The zero-order valence-electron chi connectivity index (χ0n) is 12.7. The van der Waals surface area contributed by atoms with Crippen LogP contribution in [0.1, 0.15) is 0 Å². The third-order valence-electron chi connectivity index (χ3n) is 4.18. The van der Waals surface area contributed by atoms with Gasteiger partial charge >= 0.3 is 0 Å². The van der Waals surface area contributed by atoms with Gasteiger partial charge in [-0.3, -0.25) is 4.40 Å². The van der Waals surface area contributed by atoms with Crippen molar-refractivity contribution in [3.8, 4) is 0 Å². The smallest absolute Gasteiger partial charge is 0.204 e. The van der Waals surface area contributed by atoms with Gasteiger partial charge in [0, 0.05) is 11.1 Å². The number of hydrogen-bond acceptors (Lipinski definition) is 4. The van der Waals surface area contributed by atoms with Crippen LogP contribution in [0.3, 0.4) is 0 Å². The molecule has 5 rings (SSSR count). The highest BCUT2D eigenvalue weighted by molar-refractivity contribution is 5.96. The lowest BCUT2D eigenvalue weighted by Crippen LogP contribution is -2.00. The van der Waals surface area contributed by atoms with E-state index in [1.54, 1.807) is 6.33 Å². The third kappa shape index (κ3) is 1.91. The molecule has 5 heteroatoms. The van der Waals surface area contributed by atoms with Gasteiger partial charge in [-0.25, -0.2) is 4.98 Å². The third-order valence-corrected chi connectivity index (χ3v) is 4.18. The molecule has 114 valence electrons. The summed E-state index contributed by atoms with van der Waals surface area (Å²) in [5.74, 6) is 0.697. The van der Waals surface area contributed by atoms with Gasteiger partial charge in [0.25, 0.3) is 0 Å². The number of aromatic nitrogens is 4. The number of benzene rings is 3. The van der Waals surface area contributed by atoms with Gasteiger partial charge in [-0.15, -0.1) is 10.2 Å². The number of nitrogens with zero attached hydrogens (tertiary/aromatic N) is 4. The van der Waals surface area contributed by atoms with E-state index in [4.69, 9.17) is 4.98 Å². The van der Waals surface area contributed by atoms with E-state index in [1.165, 1.54) is 5.39 Å². The van der Waals surface area contributed by atoms with Crippen molar-refractivity contribution in [1.29, 1.82) is 0 Å². The van der Waals surface area contributed by atoms with Crippen molar-refractivity contribution in [2.24, 2.45) is 0 Å². The molecule has 0 amide bonds. The molecule has 0 radical (unpaired) electrons. The van der Waals surface area contributed by atoms with E-state index >= 15 is 0 Å². The molecule has 0 aliphatic heterocycles. The second-order valence-electron chi connectivity index (χ2n) is 5.63. The fourth-order valence-electron chi connectivity index (χ4n) is 3.05. The van der Waals surface area contributed by atoms with Crippen LogP contribution in [0.15, 0.2) is 73.1 Å². The monoisotopic (exact) mass is 311 g/mol. The van der Waals surface area contributed by atoms with E-state index in [-0.39, 0.29) is 0 Å². The second-order valence-corrected chi connectivity index (χ2v) is 5.63. The Hall–Kier alpha value is -3.47. The number of hydrogen-bond donors (Lipinski definition) is 1. The van der Waals surface area contributed by atoms with Crippen LogP contribution in [-0.4, -0.2) is 19.6 Å². The standard InChI is InChI=1S/C19H13N5/c1-2-8-14-13(6-1)7-5-10-15(14)21-18-19-23-20-12-24(19)17-11-4-3-9-16(17)22-18/h1-12H,(H,21,22). The molecule has 0 aliphatic carbocycles. The first-order valence-corrected chi connectivity index (χ1v) is 7.73. The van der Waals surface area contributed by atoms with Crippen LogP contribution in [0, 0.1) is 0 Å². The summed E-state index contributed by atoms with van der Waals surface area (Å²) in [7, 11) is 0. The highest BCUT2D eigenvalue weighted by atomic mass is 15.3. The van der Waals surface area contributed by atoms with Gasteiger partial charge in [0.1, 0.15) is 6.33 Å². The molecule has 5 nitrogen and oxygen atoms in total. The Morgan fingerprint density at radius 2 is 1.67 bits per heavy atom. The van der Waals surface area contributed by atoms with Crippen molar-refractivity contribution >= 4 is 39.0 Å². The largest absolute Gasteiger partial charge is 0.337 e. The van der Waals surface area contributed by atoms with Gasteiger partial charge in [-0.2, -0.15) is 0 Å². The molecule has 3 aromatic carbocycles. The summed E-state index contributed by atoms with van der Waals surface area (Å²) in [5.41, 5.74) is 3.59. The van der Waals surface area contributed by atoms with E-state index in [2.05, 4.69) is 33.7 Å². The lowest BCUT2D eigenvalue weighted by atomic mass is 10.1. The quantitative estimate of drug-likeness (QED) is 0.531. The minimum atomic E-state index is 0.697. The fraction of sp³-hybridized carbons (Fsp3) is 0. The maximum Gasteiger partial charge on any atom is 0.204 e. The molecular formula is C19H13N5. The van der Waals surface area contributed by atoms with Gasteiger partial charge in [-0.05, 0) is 23.6 Å². The summed E-state index contributed by atoms with van der Waals surface area (Å²) in [6.45, 7) is 0. The van der Waals surface area contributed by atoms with Crippen molar-refractivity contribution in [2.45, 2.75) is 0 Å². The Labute approximate surface area is 137 Å². The molecule has 0 saturated heterocycles. The topological polar surface area (TPSA) is 55.1 Å². The van der Waals surface area contributed by atoms with Crippen molar-refractivity contribution in [1.82, 2.24) is 19.6 Å². The molecule has 0 saturated carbocycles. The summed E-state index contributed by atoms with van der Waals surface area (Å²) in [5, 5.41) is 14.0. The lowest BCUT2D eigenvalue weighted by Gasteiger charge is -2.11. The molecule has 0 spiro atoms. The average Bonchev–Trinajstić information content (AvgIpc) is 3.13. The predicted octanol–water partition coefficient (Wildman–Crippen LogP) is 4.17. The van der Waals surface area contributed by atoms with Crippen LogP contribution < -0.4 is 5.32 Å². The first-order chi connectivity index (χ1) is 11.9. The highest BCUT2D eigenvalue weighted by Crippen LogP contribution is 2.28. The van der Waals surface area contributed by atoms with E-state index in [0.29, 0.717) is 11.5 Å². The highest BCUT2D eigenvalue weighted by Gasteiger charge is 2.11. The minimum Gasteiger partial charge on any atom is -0.337 e. The first kappa shape index (κ1) is 13.0. The molecule has 0 bridgehead atoms. The summed E-state index contributed by atoms with van der Waals surface area (Å²) < 4.78 is 1.95. The Kier molecular flexibility index (Phi) is 2.72. The second kappa shape index (κ2) is 5.03. The lowest BCUT2D eigenvalue weighted by molar-refractivity contribution is 1.11. The average molecular weight is 311 g/mol. The summed E-state index contributed by atoms with van der Waals surface area (Å²) in [6, 6.07) is 22.4. The maximum atomic E-state index is 4.74. The van der Waals surface area contributed by atoms with E-state index in [0.717, 1.165) is 22.1 Å². The van der Waals surface area contributed by atoms with Crippen LogP contribution in [-0.2, 0) is 0 Å². The summed E-state index contributed by atoms with van der Waals surface area (Å²) in [6.07, 6.45) is 1.72. The first-order valence-electron chi connectivity index (χ1n) is 7.73. The summed E-state index contributed by atoms with van der Waals surface area (Å²) >= 11 is 0. The van der Waals surface area contributed by atoms with Crippen LogP contribution in [0.25, 0.3) is 27.5 Å². The molecule has 0 atom stereocenters. The van der Waals surface area contributed by atoms with Crippen molar-refractivity contribution in [2.75, 3.05) is 5.32 Å². The van der Waals surface area contributed by atoms with E-state index < -0.39 is 0 Å². The zero-order chi connectivity index (χ0) is 15.9. The van der Waals surface area contributed by atoms with Gasteiger partial charge in [0.15, 0.2) is 5.82 Å². The van der Waals surface area contributed by atoms with Gasteiger partial charge in [0.2, 0.25) is 5.65 Å². The molecular weight excluding hydrogens is 298 g/mol. The molecule has 24 heavy (non-hydrogen) atoms. The SMILES string of the molecule is c1ccc2c(Nc3nc4ccccc4n4cnnc34)cccc2c1. The molecule has 0 fully saturated rings. The number of para-hydroxylation sites is 2. The number of rotatable bonds is 2. The van der Waals surface area contributed by atoms with Crippen LogP contribution >= 0.6 is 0 Å². The number of nitrogens with one attached hydrogen (secondary N) is 1.